The molecule has 1 aliphatic heterocycles. The topological polar surface area (TPSA) is 75.9 Å². The van der Waals surface area contributed by atoms with Gasteiger partial charge >= 0.3 is 5.97 Å². The third-order valence-electron chi connectivity index (χ3n) is 6.16. The summed E-state index contributed by atoms with van der Waals surface area (Å²) in [6, 6.07) is 25.8. The van der Waals surface area contributed by atoms with E-state index in [1.165, 1.54) is 17.5 Å². The van der Waals surface area contributed by atoms with Crippen molar-refractivity contribution < 1.29 is 18.7 Å². The number of fused-ring (bicyclic) bond motifs is 1. The average molecular weight is 456 g/mol. The predicted molar refractivity (Wildman–Crippen MR) is 127 cm³/mol. The molecule has 0 unspecified atom stereocenters. The number of rotatable bonds is 6. The summed E-state index contributed by atoms with van der Waals surface area (Å²) in [5, 5.41) is 0. The lowest BCUT2D eigenvalue weighted by Crippen LogP contribution is -2.50. The Hall–Kier alpha value is -3.97. The number of carbonyl (C=O) groups excluding carboxylic acids is 2. The molecule has 1 fully saturated rings. The summed E-state index contributed by atoms with van der Waals surface area (Å²) in [6.07, 6.45) is 1.32. The lowest BCUT2D eigenvalue weighted by molar-refractivity contribution is -0.136. The summed E-state index contributed by atoms with van der Waals surface area (Å²) in [5.41, 5.74) is 3.95. The molecule has 1 amide bonds. The van der Waals surface area contributed by atoms with E-state index in [2.05, 4.69) is 58.4 Å². The van der Waals surface area contributed by atoms with Crippen molar-refractivity contribution >= 4 is 23.0 Å². The van der Waals surface area contributed by atoms with Gasteiger partial charge in [0.25, 0.3) is 5.91 Å². The number of piperazine rings is 1. The van der Waals surface area contributed by atoms with E-state index < -0.39 is 5.97 Å². The maximum atomic E-state index is 12.7. The van der Waals surface area contributed by atoms with Gasteiger partial charge in [0.15, 0.2) is 18.6 Å². The van der Waals surface area contributed by atoms with Gasteiger partial charge in [-0.15, -0.1) is 0 Å². The summed E-state index contributed by atoms with van der Waals surface area (Å²) in [4.78, 5) is 33.3. The van der Waals surface area contributed by atoms with Crippen LogP contribution in [-0.4, -0.2) is 59.4 Å². The van der Waals surface area contributed by atoms with Crippen LogP contribution in [0.15, 0.2) is 89.7 Å². The van der Waals surface area contributed by atoms with Gasteiger partial charge in [-0.3, -0.25) is 9.69 Å². The van der Waals surface area contributed by atoms with Gasteiger partial charge in [0.1, 0.15) is 5.52 Å². The Morgan fingerprint density at radius 2 is 1.53 bits per heavy atom. The first-order valence-corrected chi connectivity index (χ1v) is 11.3. The van der Waals surface area contributed by atoms with Crippen LogP contribution in [0.3, 0.4) is 0 Å². The molecule has 0 spiro atoms. The van der Waals surface area contributed by atoms with Crippen molar-refractivity contribution in [2.45, 2.75) is 6.04 Å². The van der Waals surface area contributed by atoms with E-state index in [1.807, 2.05) is 12.1 Å². The van der Waals surface area contributed by atoms with Crippen LogP contribution >= 0.6 is 0 Å². The van der Waals surface area contributed by atoms with Crippen LogP contribution in [-0.2, 0) is 9.53 Å². The highest BCUT2D eigenvalue weighted by atomic mass is 16.5. The number of ether oxygens (including phenoxy) is 1. The summed E-state index contributed by atoms with van der Waals surface area (Å²) in [6.45, 7) is 2.34. The Bertz CT molecular complexity index is 1230. The largest absolute Gasteiger partial charge is 0.452 e. The van der Waals surface area contributed by atoms with Crippen molar-refractivity contribution in [1.82, 2.24) is 14.8 Å². The van der Waals surface area contributed by atoms with Gasteiger partial charge in [-0.1, -0.05) is 60.7 Å². The van der Waals surface area contributed by atoms with Crippen LogP contribution in [0.4, 0.5) is 0 Å². The van der Waals surface area contributed by atoms with Crippen LogP contribution in [0.2, 0.25) is 0 Å². The molecule has 2 heterocycles. The predicted octanol–water partition coefficient (Wildman–Crippen LogP) is 3.92. The maximum Gasteiger partial charge on any atom is 0.338 e. The molecule has 0 saturated carbocycles. The highest BCUT2D eigenvalue weighted by Crippen LogP contribution is 2.29. The molecular weight excluding hydrogens is 430 g/mol. The Morgan fingerprint density at radius 3 is 2.18 bits per heavy atom. The molecule has 1 aliphatic rings. The number of hydrogen-bond acceptors (Lipinski definition) is 6. The van der Waals surface area contributed by atoms with Crippen LogP contribution in [0.25, 0.3) is 11.1 Å². The monoisotopic (exact) mass is 455 g/mol. The van der Waals surface area contributed by atoms with E-state index in [4.69, 9.17) is 9.15 Å². The Balaban J connectivity index is 1.19. The van der Waals surface area contributed by atoms with E-state index in [0.29, 0.717) is 29.8 Å². The number of amides is 1. The van der Waals surface area contributed by atoms with Crippen LogP contribution in [0.1, 0.15) is 27.5 Å². The van der Waals surface area contributed by atoms with Gasteiger partial charge in [0.05, 0.1) is 11.6 Å². The Morgan fingerprint density at radius 1 is 0.882 bits per heavy atom. The molecule has 34 heavy (non-hydrogen) atoms. The van der Waals surface area contributed by atoms with Crippen LogP contribution in [0.5, 0.6) is 0 Å². The normalized spacial score (nSPS) is 14.4. The highest BCUT2D eigenvalue weighted by Gasteiger charge is 2.28. The van der Waals surface area contributed by atoms with Crippen molar-refractivity contribution in [3.8, 4) is 0 Å². The average Bonchev–Trinajstić information content (AvgIpc) is 3.37. The molecule has 0 radical (unpaired) electrons. The minimum Gasteiger partial charge on any atom is -0.452 e. The maximum absolute atomic E-state index is 12.7. The molecule has 7 heteroatoms. The van der Waals surface area contributed by atoms with Gasteiger partial charge in [-0.2, -0.15) is 0 Å². The zero-order chi connectivity index (χ0) is 23.3. The van der Waals surface area contributed by atoms with Gasteiger partial charge in [-0.25, -0.2) is 9.78 Å². The second-order valence-corrected chi connectivity index (χ2v) is 8.25. The van der Waals surface area contributed by atoms with Gasteiger partial charge in [0, 0.05) is 26.2 Å². The van der Waals surface area contributed by atoms with Gasteiger partial charge < -0.3 is 14.1 Å². The first-order valence-electron chi connectivity index (χ1n) is 11.3. The molecule has 172 valence electrons. The number of esters is 1. The van der Waals surface area contributed by atoms with Gasteiger partial charge in [0.2, 0.25) is 0 Å². The number of aromatic nitrogens is 1. The second-order valence-electron chi connectivity index (χ2n) is 8.25. The first kappa shape index (κ1) is 21.9. The fraction of sp³-hybridized carbons (Fsp3) is 0.222. The van der Waals surface area contributed by atoms with E-state index in [0.717, 1.165) is 13.1 Å². The van der Waals surface area contributed by atoms with Crippen molar-refractivity contribution in [1.29, 1.82) is 0 Å². The lowest BCUT2D eigenvalue weighted by Gasteiger charge is -2.39. The zero-order valence-corrected chi connectivity index (χ0v) is 18.7. The molecule has 1 aromatic heterocycles. The zero-order valence-electron chi connectivity index (χ0n) is 18.7. The SMILES string of the molecule is O=C(OCC(=O)N1CCN(C(c2ccccc2)c2ccccc2)CC1)c1ccc2ncoc2c1. The standard InChI is InChI=1S/C27H25N3O4/c31-25(18-33-27(32)22-11-12-23-24(17-22)34-19-28-23)29-13-15-30(16-14-29)26(20-7-3-1-4-8-20)21-9-5-2-6-10-21/h1-12,17,19,26H,13-16,18H2. The first-order chi connectivity index (χ1) is 16.7. The summed E-state index contributed by atoms with van der Waals surface area (Å²) >= 11 is 0. The molecule has 0 N–H and O–H groups in total. The molecule has 7 nitrogen and oxygen atoms in total. The molecule has 4 aromatic rings. The van der Waals surface area contributed by atoms with Crippen LogP contribution in [0, 0.1) is 0 Å². The number of oxazole rings is 1. The van der Waals surface area contributed by atoms with E-state index in [-0.39, 0.29) is 18.6 Å². The van der Waals surface area contributed by atoms with E-state index in [9.17, 15) is 9.59 Å². The van der Waals surface area contributed by atoms with Crippen LogP contribution < -0.4 is 0 Å². The van der Waals surface area contributed by atoms with E-state index >= 15 is 0 Å². The molecule has 0 atom stereocenters. The fourth-order valence-electron chi connectivity index (χ4n) is 4.40. The van der Waals surface area contributed by atoms with E-state index in [1.54, 1.807) is 23.1 Å². The lowest BCUT2D eigenvalue weighted by atomic mass is 9.96. The molecule has 1 saturated heterocycles. The fourth-order valence-corrected chi connectivity index (χ4v) is 4.40. The Kier molecular flexibility index (Phi) is 6.35. The number of hydrogen-bond donors (Lipinski definition) is 0. The molecular formula is C27H25N3O4. The van der Waals surface area contributed by atoms with Crippen molar-refractivity contribution in [3.63, 3.8) is 0 Å². The molecule has 0 bridgehead atoms. The smallest absolute Gasteiger partial charge is 0.338 e. The highest BCUT2D eigenvalue weighted by molar-refractivity contribution is 5.94. The number of benzene rings is 3. The van der Waals surface area contributed by atoms with Crippen molar-refractivity contribution in [2.24, 2.45) is 0 Å². The molecule has 5 rings (SSSR count). The van der Waals surface area contributed by atoms with Crippen molar-refractivity contribution in [2.75, 3.05) is 32.8 Å². The number of carbonyl (C=O) groups is 2. The minimum atomic E-state index is -0.557. The quantitative estimate of drug-likeness (QED) is 0.410. The molecule has 0 aliphatic carbocycles. The third kappa shape index (κ3) is 4.70. The summed E-state index contributed by atoms with van der Waals surface area (Å²) in [7, 11) is 0. The van der Waals surface area contributed by atoms with Crippen molar-refractivity contribution in [3.05, 3.63) is 102 Å². The van der Waals surface area contributed by atoms with Gasteiger partial charge in [-0.05, 0) is 29.3 Å². The minimum absolute atomic E-state index is 0.128. The summed E-state index contributed by atoms with van der Waals surface area (Å²) < 4.78 is 10.5. The third-order valence-corrected chi connectivity index (χ3v) is 6.16. The summed E-state index contributed by atoms with van der Waals surface area (Å²) in [5.74, 6) is -0.747. The number of nitrogens with zero attached hydrogens (tertiary/aromatic N) is 3. The molecule has 3 aromatic carbocycles. The Labute approximate surface area is 197 Å². The second kappa shape index (κ2) is 9.89.